The van der Waals surface area contributed by atoms with Crippen molar-refractivity contribution in [1.29, 1.82) is 0 Å². The van der Waals surface area contributed by atoms with Crippen LogP contribution in [-0.4, -0.2) is 37.7 Å². The van der Waals surface area contributed by atoms with Gasteiger partial charge < -0.3 is 9.47 Å². The maximum Gasteiger partial charge on any atom is 0.125 e. The molecule has 0 radical (unpaired) electrons. The molecular formula is C13H17ClFNO2. The van der Waals surface area contributed by atoms with Crippen LogP contribution in [0.5, 0.6) is 5.75 Å². The van der Waals surface area contributed by atoms with E-state index in [9.17, 15) is 4.39 Å². The number of hydrogen-bond donors (Lipinski definition) is 0. The molecule has 3 rings (SSSR count). The van der Waals surface area contributed by atoms with Crippen LogP contribution in [0.4, 0.5) is 4.39 Å². The van der Waals surface area contributed by atoms with Crippen LogP contribution in [0.3, 0.4) is 0 Å². The van der Waals surface area contributed by atoms with Gasteiger partial charge in [0.05, 0.1) is 13.2 Å². The minimum atomic E-state index is -0.232. The number of morpholine rings is 1. The van der Waals surface area contributed by atoms with E-state index in [0.717, 1.165) is 24.3 Å². The Morgan fingerprint density at radius 1 is 1.33 bits per heavy atom. The van der Waals surface area contributed by atoms with Crippen LogP contribution >= 0.6 is 12.4 Å². The molecule has 100 valence electrons. The van der Waals surface area contributed by atoms with Crippen molar-refractivity contribution in [3.63, 3.8) is 0 Å². The van der Waals surface area contributed by atoms with E-state index < -0.39 is 0 Å². The monoisotopic (exact) mass is 273 g/mol. The molecule has 0 aliphatic carbocycles. The highest BCUT2D eigenvalue weighted by molar-refractivity contribution is 5.85. The van der Waals surface area contributed by atoms with Crippen LogP contribution in [0.1, 0.15) is 18.1 Å². The lowest BCUT2D eigenvalue weighted by Crippen LogP contribution is -2.44. The largest absolute Gasteiger partial charge is 0.493 e. The van der Waals surface area contributed by atoms with Gasteiger partial charge in [0, 0.05) is 18.2 Å². The fourth-order valence-electron chi connectivity index (χ4n) is 2.66. The molecule has 0 aromatic heterocycles. The molecular weight excluding hydrogens is 257 g/mol. The lowest BCUT2D eigenvalue weighted by Gasteiger charge is -2.38. The summed E-state index contributed by atoms with van der Waals surface area (Å²) >= 11 is 0. The average molecular weight is 274 g/mol. The van der Waals surface area contributed by atoms with Gasteiger partial charge >= 0.3 is 0 Å². The van der Waals surface area contributed by atoms with Crippen LogP contribution in [0.15, 0.2) is 18.2 Å². The molecule has 0 spiro atoms. The van der Waals surface area contributed by atoms with Crippen LogP contribution in [0.2, 0.25) is 0 Å². The van der Waals surface area contributed by atoms with Gasteiger partial charge in [-0.3, -0.25) is 4.90 Å². The number of ether oxygens (including phenoxy) is 2. The van der Waals surface area contributed by atoms with Crippen LogP contribution in [0, 0.1) is 5.82 Å². The normalized spacial score (nSPS) is 27.2. The first-order valence-corrected chi connectivity index (χ1v) is 6.00. The number of halogens is 2. The quantitative estimate of drug-likeness (QED) is 0.725. The van der Waals surface area contributed by atoms with Crippen molar-refractivity contribution in [2.75, 3.05) is 26.8 Å². The molecule has 5 heteroatoms. The highest BCUT2D eigenvalue weighted by Gasteiger charge is 2.35. The summed E-state index contributed by atoms with van der Waals surface area (Å²) < 4.78 is 24.9. The summed E-state index contributed by atoms with van der Waals surface area (Å²) in [5.74, 6) is 0.527. The first-order chi connectivity index (χ1) is 8.25. The molecule has 0 N–H and O–H groups in total. The van der Waals surface area contributed by atoms with Crippen LogP contribution < -0.4 is 4.74 Å². The number of hydrogen-bond acceptors (Lipinski definition) is 3. The first-order valence-electron chi connectivity index (χ1n) is 6.00. The summed E-state index contributed by atoms with van der Waals surface area (Å²) in [6.45, 7) is 2.27. The Hall–Kier alpha value is -0.840. The molecule has 0 bridgehead atoms. The van der Waals surface area contributed by atoms with E-state index in [1.165, 1.54) is 12.1 Å². The van der Waals surface area contributed by atoms with Gasteiger partial charge in [-0.15, -0.1) is 12.4 Å². The number of nitrogens with zero attached hydrogens (tertiary/aromatic N) is 1. The smallest absolute Gasteiger partial charge is 0.125 e. The predicted octanol–water partition coefficient (Wildman–Crippen LogP) is 2.40. The molecule has 1 saturated heterocycles. The summed E-state index contributed by atoms with van der Waals surface area (Å²) in [7, 11) is 2.09. The lowest BCUT2D eigenvalue weighted by atomic mass is 9.97. The fraction of sp³-hybridized carbons (Fsp3) is 0.538. The van der Waals surface area contributed by atoms with Gasteiger partial charge in [0.1, 0.15) is 17.7 Å². The Labute approximate surface area is 112 Å². The average Bonchev–Trinajstić information content (AvgIpc) is 2.50. The zero-order valence-electron chi connectivity index (χ0n) is 10.3. The lowest BCUT2D eigenvalue weighted by molar-refractivity contribution is -0.0645. The zero-order valence-corrected chi connectivity index (χ0v) is 11.1. The van der Waals surface area contributed by atoms with Crippen molar-refractivity contribution in [2.45, 2.75) is 18.6 Å². The minimum Gasteiger partial charge on any atom is -0.493 e. The Morgan fingerprint density at radius 3 is 3.00 bits per heavy atom. The Balaban J connectivity index is 0.00000120. The molecule has 1 aromatic carbocycles. The van der Waals surface area contributed by atoms with Gasteiger partial charge in [0.15, 0.2) is 0 Å². The first kappa shape index (κ1) is 13.6. The van der Waals surface area contributed by atoms with E-state index in [-0.39, 0.29) is 30.4 Å². The van der Waals surface area contributed by atoms with Gasteiger partial charge in [-0.25, -0.2) is 4.39 Å². The van der Waals surface area contributed by atoms with Gasteiger partial charge in [-0.05, 0) is 31.7 Å². The van der Waals surface area contributed by atoms with Crippen molar-refractivity contribution >= 4 is 12.4 Å². The van der Waals surface area contributed by atoms with Crippen molar-refractivity contribution in [3.8, 4) is 5.75 Å². The second-order valence-electron chi connectivity index (χ2n) is 4.66. The van der Waals surface area contributed by atoms with E-state index in [4.69, 9.17) is 9.47 Å². The standard InChI is InChI=1S/C13H16FNO2.ClH/c1-15-5-7-17-13-10-8-9(14)2-3-12(10)16-6-4-11(13)15;/h2-3,8,11,13H,4-7H2,1H3;1H/t11-,13-;/m0./s1. The Bertz CT molecular complexity index is 429. The van der Waals surface area contributed by atoms with Crippen LogP contribution in [0.25, 0.3) is 0 Å². The summed E-state index contributed by atoms with van der Waals surface area (Å²) in [5.41, 5.74) is 0.846. The number of rotatable bonds is 0. The topological polar surface area (TPSA) is 21.7 Å². The summed E-state index contributed by atoms with van der Waals surface area (Å²) in [6, 6.07) is 4.96. The maximum absolute atomic E-state index is 13.4. The SMILES string of the molecule is CN1CCO[C@H]2c3cc(F)ccc3OCC[C@@H]21.Cl. The highest BCUT2D eigenvalue weighted by atomic mass is 35.5. The third-order valence-electron chi connectivity index (χ3n) is 3.61. The molecule has 1 aromatic rings. The zero-order chi connectivity index (χ0) is 11.8. The summed E-state index contributed by atoms with van der Waals surface area (Å²) in [4.78, 5) is 2.28. The Kier molecular flexibility index (Phi) is 4.10. The summed E-state index contributed by atoms with van der Waals surface area (Å²) in [6.07, 6.45) is 0.847. The number of fused-ring (bicyclic) bond motifs is 3. The Morgan fingerprint density at radius 2 is 2.17 bits per heavy atom. The number of likely N-dealkylation sites (N-methyl/N-ethyl adjacent to an activating group) is 1. The molecule has 2 heterocycles. The molecule has 2 atom stereocenters. The molecule has 18 heavy (non-hydrogen) atoms. The third kappa shape index (κ3) is 2.32. The van der Waals surface area contributed by atoms with Gasteiger partial charge in [0.25, 0.3) is 0 Å². The third-order valence-corrected chi connectivity index (χ3v) is 3.61. The van der Waals surface area contributed by atoms with Crippen molar-refractivity contribution < 1.29 is 13.9 Å². The van der Waals surface area contributed by atoms with Gasteiger partial charge in [-0.2, -0.15) is 0 Å². The molecule has 3 nitrogen and oxygen atoms in total. The number of benzene rings is 1. The second-order valence-corrected chi connectivity index (χ2v) is 4.66. The van der Waals surface area contributed by atoms with E-state index in [1.807, 2.05) is 0 Å². The molecule has 0 amide bonds. The van der Waals surface area contributed by atoms with E-state index in [2.05, 4.69) is 11.9 Å². The van der Waals surface area contributed by atoms with E-state index >= 15 is 0 Å². The van der Waals surface area contributed by atoms with Crippen molar-refractivity contribution in [3.05, 3.63) is 29.6 Å². The van der Waals surface area contributed by atoms with Gasteiger partial charge in [0.2, 0.25) is 0 Å². The van der Waals surface area contributed by atoms with Crippen molar-refractivity contribution in [1.82, 2.24) is 4.90 Å². The van der Waals surface area contributed by atoms with E-state index in [1.54, 1.807) is 6.07 Å². The summed E-state index contributed by atoms with van der Waals surface area (Å²) in [5, 5.41) is 0. The maximum atomic E-state index is 13.4. The van der Waals surface area contributed by atoms with Crippen LogP contribution in [-0.2, 0) is 4.74 Å². The molecule has 0 saturated carbocycles. The molecule has 1 fully saturated rings. The predicted molar refractivity (Wildman–Crippen MR) is 68.9 cm³/mol. The van der Waals surface area contributed by atoms with Crippen molar-refractivity contribution in [2.24, 2.45) is 0 Å². The van der Waals surface area contributed by atoms with E-state index in [0.29, 0.717) is 13.2 Å². The second kappa shape index (κ2) is 5.43. The molecule has 0 unspecified atom stereocenters. The van der Waals surface area contributed by atoms with Gasteiger partial charge in [-0.1, -0.05) is 0 Å². The minimum absolute atomic E-state index is 0. The molecule has 2 aliphatic heterocycles. The highest BCUT2D eigenvalue weighted by Crippen LogP contribution is 2.38. The molecule has 2 aliphatic rings. The fourth-order valence-corrected chi connectivity index (χ4v) is 2.66.